The zero-order valence-corrected chi connectivity index (χ0v) is 14.2. The van der Waals surface area contributed by atoms with Crippen LogP contribution in [0.3, 0.4) is 0 Å². The van der Waals surface area contributed by atoms with Crippen LogP contribution in [-0.4, -0.2) is 38.6 Å². The Hall–Kier alpha value is -2.47. The number of carbonyl (C=O) groups excluding carboxylic acids is 1. The summed E-state index contributed by atoms with van der Waals surface area (Å²) in [6.07, 6.45) is 3.71. The van der Waals surface area contributed by atoms with E-state index in [4.69, 9.17) is 16.3 Å². The van der Waals surface area contributed by atoms with Gasteiger partial charge in [-0.3, -0.25) is 4.79 Å². The molecule has 0 bridgehead atoms. The van der Waals surface area contributed by atoms with E-state index in [1.54, 1.807) is 30.0 Å². The number of hydrogen-bond donors (Lipinski definition) is 0. The molecule has 6 nitrogen and oxygen atoms in total. The summed E-state index contributed by atoms with van der Waals surface area (Å²) >= 11 is 6.07. The van der Waals surface area contributed by atoms with E-state index < -0.39 is 0 Å². The summed E-state index contributed by atoms with van der Waals surface area (Å²) < 4.78 is 9.10. The lowest BCUT2D eigenvalue weighted by Crippen LogP contribution is -2.40. The predicted molar refractivity (Wildman–Crippen MR) is 90.6 cm³/mol. The van der Waals surface area contributed by atoms with Gasteiger partial charge in [-0.1, -0.05) is 11.6 Å². The van der Waals surface area contributed by atoms with Gasteiger partial charge in [0, 0.05) is 43.3 Å². The number of amides is 1. The molecule has 0 N–H and O–H groups in total. The number of fused-ring (bicyclic) bond motifs is 2. The van der Waals surface area contributed by atoms with Crippen LogP contribution in [0.2, 0.25) is 5.02 Å². The predicted octanol–water partition coefficient (Wildman–Crippen LogP) is 3.01. The summed E-state index contributed by atoms with van der Waals surface area (Å²) in [5.41, 5.74) is 2.25. The number of halogens is 1. The fourth-order valence-electron chi connectivity index (χ4n) is 3.30. The largest absolute Gasteiger partial charge is 0.494 e. The number of aromatic nitrogens is 3. The molecule has 24 heavy (non-hydrogen) atoms. The third kappa shape index (κ3) is 2.26. The summed E-state index contributed by atoms with van der Waals surface area (Å²) in [5.74, 6) is 0.506. The number of methoxy groups -OCH3 is 1. The maximum atomic E-state index is 13.0. The summed E-state index contributed by atoms with van der Waals surface area (Å²) in [6.45, 7) is 3.49. The lowest BCUT2D eigenvalue weighted by molar-refractivity contribution is 0.0637. The van der Waals surface area contributed by atoms with Gasteiger partial charge in [0.2, 0.25) is 0 Å². The van der Waals surface area contributed by atoms with Crippen LogP contribution in [0.1, 0.15) is 29.1 Å². The van der Waals surface area contributed by atoms with Gasteiger partial charge in [-0.2, -0.15) is 5.10 Å². The number of rotatable bonds is 2. The van der Waals surface area contributed by atoms with Crippen molar-refractivity contribution >= 4 is 23.0 Å². The highest BCUT2D eigenvalue weighted by Crippen LogP contribution is 2.29. The van der Waals surface area contributed by atoms with Crippen LogP contribution < -0.4 is 4.74 Å². The minimum Gasteiger partial charge on any atom is -0.494 e. The summed E-state index contributed by atoms with van der Waals surface area (Å²) in [4.78, 5) is 14.8. The van der Waals surface area contributed by atoms with Gasteiger partial charge in [-0.05, 0) is 19.1 Å². The molecule has 0 radical (unpaired) electrons. The first-order chi connectivity index (χ1) is 11.6. The summed E-state index contributed by atoms with van der Waals surface area (Å²) in [5, 5.41) is 4.89. The van der Waals surface area contributed by atoms with Crippen molar-refractivity contribution in [3.8, 4) is 5.75 Å². The molecule has 0 aromatic carbocycles. The first kappa shape index (κ1) is 15.1. The van der Waals surface area contributed by atoms with Crippen LogP contribution in [0, 0.1) is 0 Å². The molecule has 1 atom stereocenters. The number of hydrogen-bond acceptors (Lipinski definition) is 3. The smallest absolute Gasteiger partial charge is 0.275 e. The Bertz CT molecular complexity index is 930. The topological polar surface area (TPSA) is 51.8 Å². The second kappa shape index (κ2) is 5.56. The van der Waals surface area contributed by atoms with Gasteiger partial charge < -0.3 is 14.2 Å². The molecule has 7 heteroatoms. The molecule has 0 spiro atoms. The second-order valence-corrected chi connectivity index (χ2v) is 6.32. The van der Waals surface area contributed by atoms with Crippen molar-refractivity contribution in [1.29, 1.82) is 0 Å². The van der Waals surface area contributed by atoms with Crippen LogP contribution in [0.15, 0.2) is 36.7 Å². The molecule has 3 aromatic heterocycles. The Kier molecular flexibility index (Phi) is 3.49. The van der Waals surface area contributed by atoms with E-state index >= 15 is 0 Å². The Morgan fingerprint density at radius 2 is 2.21 bits per heavy atom. The van der Waals surface area contributed by atoms with Crippen molar-refractivity contribution in [1.82, 2.24) is 19.1 Å². The fourth-order valence-corrected chi connectivity index (χ4v) is 3.49. The average Bonchev–Trinajstić information content (AvgIpc) is 3.20. The first-order valence-electron chi connectivity index (χ1n) is 7.77. The van der Waals surface area contributed by atoms with E-state index in [9.17, 15) is 4.79 Å². The number of ether oxygens (including phenoxy) is 1. The lowest BCUT2D eigenvalue weighted by atomic mass is 10.1. The molecule has 0 saturated carbocycles. The summed E-state index contributed by atoms with van der Waals surface area (Å²) in [7, 11) is 1.57. The van der Waals surface area contributed by atoms with Crippen molar-refractivity contribution in [2.24, 2.45) is 0 Å². The minimum absolute atomic E-state index is 0.0107. The maximum Gasteiger partial charge on any atom is 0.275 e. The molecule has 3 aromatic rings. The Morgan fingerprint density at radius 3 is 3.00 bits per heavy atom. The van der Waals surface area contributed by atoms with Crippen LogP contribution in [0.4, 0.5) is 0 Å². The molecule has 0 aliphatic carbocycles. The van der Waals surface area contributed by atoms with Gasteiger partial charge in [0.1, 0.15) is 11.3 Å². The SMILES string of the molecule is COc1cc(Cl)cn2nc(C(=O)N3CCn4cccc4C3C)cc12. The number of pyridine rings is 1. The standard InChI is InChI=1S/C17H17ClN4O2/c1-11-14-4-3-5-20(14)6-7-21(11)17(23)13-9-15-16(24-2)8-12(18)10-22(15)19-13/h3-5,8-11H,6-7H2,1-2H3. The molecule has 0 fully saturated rings. The second-order valence-electron chi connectivity index (χ2n) is 5.89. The van der Waals surface area contributed by atoms with E-state index in [0.717, 1.165) is 17.8 Å². The molecule has 4 rings (SSSR count). The minimum atomic E-state index is -0.0863. The third-order valence-corrected chi connectivity index (χ3v) is 4.75. The van der Waals surface area contributed by atoms with Crippen LogP contribution in [0.5, 0.6) is 5.75 Å². The van der Waals surface area contributed by atoms with Crippen LogP contribution >= 0.6 is 11.6 Å². The number of nitrogens with zero attached hydrogens (tertiary/aromatic N) is 4. The molecular formula is C17H17ClN4O2. The molecule has 1 aliphatic rings. The molecule has 4 heterocycles. The maximum absolute atomic E-state index is 13.0. The molecule has 124 valence electrons. The fraction of sp³-hybridized carbons (Fsp3) is 0.294. The normalized spacial score (nSPS) is 17.1. The zero-order valence-electron chi connectivity index (χ0n) is 13.4. The van der Waals surface area contributed by atoms with E-state index in [2.05, 4.69) is 15.7 Å². The highest BCUT2D eigenvalue weighted by molar-refractivity contribution is 6.30. The monoisotopic (exact) mass is 344 g/mol. The molecule has 1 unspecified atom stereocenters. The molecule has 0 saturated heterocycles. The van der Waals surface area contributed by atoms with Gasteiger partial charge in [0.25, 0.3) is 5.91 Å². The Morgan fingerprint density at radius 1 is 1.38 bits per heavy atom. The van der Waals surface area contributed by atoms with Crippen LogP contribution in [-0.2, 0) is 6.54 Å². The van der Waals surface area contributed by atoms with Gasteiger partial charge in [-0.25, -0.2) is 4.52 Å². The molecule has 1 amide bonds. The van der Waals surface area contributed by atoms with Crippen molar-refractivity contribution in [2.45, 2.75) is 19.5 Å². The van der Waals surface area contributed by atoms with Crippen molar-refractivity contribution in [3.05, 3.63) is 53.1 Å². The van der Waals surface area contributed by atoms with E-state index in [0.29, 0.717) is 23.0 Å². The van der Waals surface area contributed by atoms with Gasteiger partial charge in [-0.15, -0.1) is 0 Å². The van der Waals surface area contributed by atoms with E-state index in [1.165, 1.54) is 0 Å². The highest BCUT2D eigenvalue weighted by atomic mass is 35.5. The Labute approximate surface area is 144 Å². The third-order valence-electron chi connectivity index (χ3n) is 4.54. The van der Waals surface area contributed by atoms with E-state index in [-0.39, 0.29) is 11.9 Å². The quantitative estimate of drug-likeness (QED) is 0.718. The summed E-state index contributed by atoms with van der Waals surface area (Å²) in [6, 6.07) is 7.53. The Balaban J connectivity index is 1.71. The van der Waals surface area contributed by atoms with E-state index in [1.807, 2.05) is 24.1 Å². The van der Waals surface area contributed by atoms with Gasteiger partial charge in [0.05, 0.1) is 18.2 Å². The van der Waals surface area contributed by atoms with Gasteiger partial charge >= 0.3 is 0 Å². The lowest BCUT2D eigenvalue weighted by Gasteiger charge is -2.34. The van der Waals surface area contributed by atoms with Gasteiger partial charge in [0.15, 0.2) is 5.69 Å². The zero-order chi connectivity index (χ0) is 16.8. The molecular weight excluding hydrogens is 328 g/mol. The van der Waals surface area contributed by atoms with Crippen molar-refractivity contribution in [2.75, 3.05) is 13.7 Å². The number of carbonyl (C=O) groups is 1. The average molecular weight is 345 g/mol. The van der Waals surface area contributed by atoms with Crippen molar-refractivity contribution < 1.29 is 9.53 Å². The highest BCUT2D eigenvalue weighted by Gasteiger charge is 2.29. The van der Waals surface area contributed by atoms with Crippen LogP contribution in [0.25, 0.3) is 5.52 Å². The first-order valence-corrected chi connectivity index (χ1v) is 8.15. The van der Waals surface area contributed by atoms with Crippen molar-refractivity contribution in [3.63, 3.8) is 0 Å². The molecule has 1 aliphatic heterocycles.